The zero-order valence-corrected chi connectivity index (χ0v) is 18.8. The Bertz CT molecular complexity index is 880. The molecule has 1 aromatic carbocycles. The fourth-order valence-electron chi connectivity index (χ4n) is 5.46. The number of pyridine rings is 1. The average Bonchev–Trinajstić information content (AvgIpc) is 2.75. The summed E-state index contributed by atoms with van der Waals surface area (Å²) in [5.74, 6) is 2.24. The number of carboxylic acids is 1. The van der Waals surface area contributed by atoms with Gasteiger partial charge >= 0.3 is 5.97 Å². The third kappa shape index (κ3) is 5.76. The topological polar surface area (TPSA) is 62.7 Å². The number of aryl methyl sites for hydroxylation is 1. The van der Waals surface area contributed by atoms with Crippen LogP contribution in [0, 0.1) is 17.8 Å². The quantitative estimate of drug-likeness (QED) is 0.570. The van der Waals surface area contributed by atoms with Crippen molar-refractivity contribution in [1.29, 1.82) is 0 Å². The Labute approximate surface area is 185 Å². The van der Waals surface area contributed by atoms with Crippen LogP contribution in [0.1, 0.15) is 56.9 Å². The molecule has 5 heteroatoms. The normalized spacial score (nSPS) is 22.4. The Morgan fingerprint density at radius 3 is 2.81 bits per heavy atom. The summed E-state index contributed by atoms with van der Waals surface area (Å²) in [6, 6.07) is 8.21. The van der Waals surface area contributed by atoms with Crippen LogP contribution in [0.15, 0.2) is 30.5 Å². The van der Waals surface area contributed by atoms with Crippen LogP contribution >= 0.6 is 0 Å². The first-order chi connectivity index (χ1) is 15.1. The van der Waals surface area contributed by atoms with Crippen LogP contribution in [0.4, 0.5) is 0 Å². The summed E-state index contributed by atoms with van der Waals surface area (Å²) >= 11 is 0. The minimum Gasteiger partial charge on any atom is -0.497 e. The van der Waals surface area contributed by atoms with Crippen LogP contribution in [0.5, 0.6) is 5.75 Å². The van der Waals surface area contributed by atoms with E-state index in [9.17, 15) is 9.90 Å². The fraction of sp³-hybridized carbons (Fsp3) is 0.615. The number of fused-ring (bicyclic) bond motifs is 1. The van der Waals surface area contributed by atoms with Gasteiger partial charge in [0, 0.05) is 31.1 Å². The molecule has 168 valence electrons. The molecule has 1 aliphatic carbocycles. The molecule has 1 saturated heterocycles. The van der Waals surface area contributed by atoms with Crippen molar-refractivity contribution in [2.75, 3.05) is 26.7 Å². The molecule has 0 spiro atoms. The van der Waals surface area contributed by atoms with E-state index in [1.807, 2.05) is 18.3 Å². The molecule has 1 aromatic heterocycles. The summed E-state index contributed by atoms with van der Waals surface area (Å²) in [6.45, 7) is 3.49. The molecule has 5 nitrogen and oxygen atoms in total. The standard InChI is InChI=1S/C26H36N2O3/c1-31-23-9-10-25-24(16-23)21(12-14-27-25)7-3-6-20-13-15-28(17-19-4-2-5-19)18-22(20)8-11-26(29)30/h9-10,12,14,16,19-20,22H,2-8,11,13,15,17-18H2,1H3,(H,29,30)/t20-,22+/m1/s1. The van der Waals surface area contributed by atoms with Crippen LogP contribution in [-0.4, -0.2) is 47.7 Å². The molecule has 0 bridgehead atoms. The largest absolute Gasteiger partial charge is 0.497 e. The van der Waals surface area contributed by atoms with Crippen LogP contribution in [0.2, 0.25) is 0 Å². The third-order valence-electron chi connectivity index (χ3n) is 7.51. The van der Waals surface area contributed by atoms with Crippen molar-refractivity contribution in [3.63, 3.8) is 0 Å². The smallest absolute Gasteiger partial charge is 0.303 e. The average molecular weight is 425 g/mol. The number of nitrogens with zero attached hydrogens (tertiary/aromatic N) is 2. The van der Waals surface area contributed by atoms with E-state index in [0.717, 1.165) is 43.0 Å². The first-order valence-electron chi connectivity index (χ1n) is 12.0. The predicted molar refractivity (Wildman–Crippen MR) is 123 cm³/mol. The van der Waals surface area contributed by atoms with Gasteiger partial charge in [-0.05, 0) is 99.1 Å². The Morgan fingerprint density at radius 1 is 1.19 bits per heavy atom. The molecule has 31 heavy (non-hydrogen) atoms. The lowest BCUT2D eigenvalue weighted by Gasteiger charge is -2.41. The summed E-state index contributed by atoms with van der Waals surface area (Å²) in [5, 5.41) is 10.4. The van der Waals surface area contributed by atoms with E-state index in [1.54, 1.807) is 7.11 Å². The monoisotopic (exact) mass is 424 g/mol. The first kappa shape index (κ1) is 22.1. The second kappa shape index (κ2) is 10.4. The number of carboxylic acid groups (broad SMARTS) is 1. The van der Waals surface area contributed by atoms with Crippen molar-refractivity contribution < 1.29 is 14.6 Å². The zero-order chi connectivity index (χ0) is 21.6. The molecule has 0 amide bonds. The lowest BCUT2D eigenvalue weighted by Crippen LogP contribution is -2.43. The van der Waals surface area contributed by atoms with E-state index in [2.05, 4.69) is 22.0 Å². The van der Waals surface area contributed by atoms with Gasteiger partial charge in [0.2, 0.25) is 0 Å². The SMILES string of the molecule is COc1ccc2nccc(CCC[C@@H]3CCN(CC4CCC4)C[C@@H]3CCC(=O)O)c2c1. The molecule has 2 aliphatic rings. The summed E-state index contributed by atoms with van der Waals surface area (Å²) in [4.78, 5) is 18.3. The number of aromatic nitrogens is 1. The lowest BCUT2D eigenvalue weighted by molar-refractivity contribution is -0.137. The number of benzene rings is 1. The maximum Gasteiger partial charge on any atom is 0.303 e. The first-order valence-corrected chi connectivity index (χ1v) is 12.0. The van der Waals surface area contributed by atoms with Crippen molar-refractivity contribution in [1.82, 2.24) is 9.88 Å². The van der Waals surface area contributed by atoms with Crippen molar-refractivity contribution in [2.24, 2.45) is 17.8 Å². The lowest BCUT2D eigenvalue weighted by atomic mass is 9.78. The summed E-state index contributed by atoms with van der Waals surface area (Å²) < 4.78 is 5.41. The van der Waals surface area contributed by atoms with Gasteiger partial charge in [0.25, 0.3) is 0 Å². The van der Waals surface area contributed by atoms with Crippen molar-refractivity contribution in [2.45, 2.75) is 57.8 Å². The number of methoxy groups -OCH3 is 1. The van der Waals surface area contributed by atoms with E-state index in [-0.39, 0.29) is 0 Å². The van der Waals surface area contributed by atoms with Crippen LogP contribution in [0.3, 0.4) is 0 Å². The molecule has 2 fully saturated rings. The molecule has 2 atom stereocenters. The summed E-state index contributed by atoms with van der Waals surface area (Å²) in [7, 11) is 1.70. The van der Waals surface area contributed by atoms with Gasteiger partial charge in [-0.3, -0.25) is 9.78 Å². The van der Waals surface area contributed by atoms with Crippen molar-refractivity contribution >= 4 is 16.9 Å². The van der Waals surface area contributed by atoms with Gasteiger partial charge in [0.05, 0.1) is 12.6 Å². The molecule has 1 N–H and O–H groups in total. The minimum absolute atomic E-state index is 0.299. The zero-order valence-electron chi connectivity index (χ0n) is 18.8. The maximum absolute atomic E-state index is 11.2. The van der Waals surface area contributed by atoms with Gasteiger partial charge in [-0.2, -0.15) is 0 Å². The van der Waals surface area contributed by atoms with Crippen molar-refractivity contribution in [3.05, 3.63) is 36.0 Å². The molecular weight excluding hydrogens is 388 g/mol. The Morgan fingerprint density at radius 2 is 2.06 bits per heavy atom. The number of hydrogen-bond donors (Lipinski definition) is 1. The van der Waals surface area contributed by atoms with E-state index in [0.29, 0.717) is 18.3 Å². The van der Waals surface area contributed by atoms with Gasteiger partial charge in [-0.25, -0.2) is 0 Å². The van der Waals surface area contributed by atoms with E-state index < -0.39 is 5.97 Å². The van der Waals surface area contributed by atoms with Gasteiger partial charge in [0.15, 0.2) is 0 Å². The highest BCUT2D eigenvalue weighted by atomic mass is 16.5. The molecule has 2 aromatic rings. The van der Waals surface area contributed by atoms with Crippen LogP contribution in [-0.2, 0) is 11.2 Å². The number of rotatable bonds is 10. The fourth-order valence-corrected chi connectivity index (χ4v) is 5.46. The van der Waals surface area contributed by atoms with Gasteiger partial charge in [-0.15, -0.1) is 0 Å². The molecular formula is C26H36N2O3. The number of likely N-dealkylation sites (tertiary alicyclic amines) is 1. The summed E-state index contributed by atoms with van der Waals surface area (Å²) in [5.41, 5.74) is 2.34. The van der Waals surface area contributed by atoms with Crippen LogP contribution in [0.25, 0.3) is 10.9 Å². The van der Waals surface area contributed by atoms with Crippen molar-refractivity contribution in [3.8, 4) is 5.75 Å². The van der Waals surface area contributed by atoms with Crippen LogP contribution < -0.4 is 4.74 Å². The Kier molecular flexibility index (Phi) is 7.44. The highest BCUT2D eigenvalue weighted by Gasteiger charge is 2.31. The second-order valence-corrected chi connectivity index (χ2v) is 9.54. The van der Waals surface area contributed by atoms with Gasteiger partial charge in [0.1, 0.15) is 5.75 Å². The summed E-state index contributed by atoms with van der Waals surface area (Å²) in [6.07, 6.45) is 11.7. The molecule has 0 radical (unpaired) electrons. The molecule has 1 saturated carbocycles. The number of hydrogen-bond acceptors (Lipinski definition) is 4. The van der Waals surface area contributed by atoms with E-state index in [1.165, 1.54) is 56.1 Å². The van der Waals surface area contributed by atoms with Gasteiger partial charge < -0.3 is 14.7 Å². The highest BCUT2D eigenvalue weighted by molar-refractivity contribution is 5.83. The maximum atomic E-state index is 11.2. The third-order valence-corrected chi connectivity index (χ3v) is 7.51. The van der Waals surface area contributed by atoms with E-state index >= 15 is 0 Å². The van der Waals surface area contributed by atoms with Gasteiger partial charge in [-0.1, -0.05) is 6.42 Å². The number of piperidine rings is 1. The minimum atomic E-state index is -0.660. The van der Waals surface area contributed by atoms with E-state index in [4.69, 9.17) is 4.74 Å². The molecule has 0 unspecified atom stereocenters. The number of carbonyl (C=O) groups is 1. The number of ether oxygens (including phenoxy) is 1. The number of aliphatic carboxylic acids is 1. The molecule has 2 heterocycles. The molecule has 4 rings (SSSR count). The predicted octanol–water partition coefficient (Wildman–Crippen LogP) is 5.17. The Hall–Kier alpha value is -2.14. The Balaban J connectivity index is 1.36. The second-order valence-electron chi connectivity index (χ2n) is 9.54. The molecule has 1 aliphatic heterocycles. The highest BCUT2D eigenvalue weighted by Crippen LogP contribution is 2.34.